The standard InChI is InChI=1S/C15H13BrN4O3S/c1-22-14(21)12-6-5-11(23-12)8-24-15-19-18-13(20(15)17)9-3-2-4-10(16)7-9/h2-7H,8,17H2,1H3. The minimum Gasteiger partial charge on any atom is -0.463 e. The molecule has 3 aromatic rings. The fourth-order valence-corrected chi connectivity index (χ4v) is 3.15. The van der Waals surface area contributed by atoms with E-state index >= 15 is 0 Å². The number of rotatable bonds is 5. The summed E-state index contributed by atoms with van der Waals surface area (Å²) in [7, 11) is 1.31. The SMILES string of the molecule is COC(=O)c1ccc(CSc2nnc(-c3cccc(Br)c3)n2N)o1. The highest BCUT2D eigenvalue weighted by atomic mass is 79.9. The molecule has 0 radical (unpaired) electrons. The Morgan fingerprint density at radius 3 is 2.96 bits per heavy atom. The Morgan fingerprint density at radius 1 is 1.38 bits per heavy atom. The third-order valence-electron chi connectivity index (χ3n) is 3.14. The molecule has 7 nitrogen and oxygen atoms in total. The van der Waals surface area contributed by atoms with E-state index in [0.29, 0.717) is 22.5 Å². The Balaban J connectivity index is 1.73. The highest BCUT2D eigenvalue weighted by molar-refractivity contribution is 9.10. The average molecular weight is 409 g/mol. The lowest BCUT2D eigenvalue weighted by atomic mass is 10.2. The number of methoxy groups -OCH3 is 1. The van der Waals surface area contributed by atoms with Gasteiger partial charge in [-0.1, -0.05) is 39.8 Å². The number of nitrogens with two attached hydrogens (primary N) is 1. The number of halogens is 1. The predicted octanol–water partition coefficient (Wildman–Crippen LogP) is 3.09. The number of benzene rings is 1. The molecule has 24 heavy (non-hydrogen) atoms. The number of esters is 1. The van der Waals surface area contributed by atoms with E-state index in [-0.39, 0.29) is 5.76 Å². The summed E-state index contributed by atoms with van der Waals surface area (Å²) in [5.74, 6) is 7.37. The number of furan rings is 1. The van der Waals surface area contributed by atoms with Crippen LogP contribution in [0.4, 0.5) is 0 Å². The van der Waals surface area contributed by atoms with E-state index < -0.39 is 5.97 Å². The molecule has 124 valence electrons. The Hall–Kier alpha value is -2.26. The van der Waals surface area contributed by atoms with Crippen molar-refractivity contribution in [3.63, 3.8) is 0 Å². The van der Waals surface area contributed by atoms with Crippen molar-refractivity contribution in [2.75, 3.05) is 13.0 Å². The van der Waals surface area contributed by atoms with Gasteiger partial charge in [0.25, 0.3) is 0 Å². The Kier molecular flexibility index (Phi) is 4.91. The molecule has 0 spiro atoms. The molecular weight excluding hydrogens is 396 g/mol. The molecule has 0 saturated heterocycles. The highest BCUT2D eigenvalue weighted by Crippen LogP contribution is 2.26. The first kappa shape index (κ1) is 16.6. The molecule has 1 aromatic carbocycles. The number of carbonyl (C=O) groups excluding carboxylic acids is 1. The molecule has 0 aliphatic rings. The van der Waals surface area contributed by atoms with E-state index in [1.807, 2.05) is 24.3 Å². The Morgan fingerprint density at radius 2 is 2.21 bits per heavy atom. The Labute approximate surface area is 150 Å². The van der Waals surface area contributed by atoms with Gasteiger partial charge in [-0.25, -0.2) is 9.47 Å². The molecule has 3 rings (SSSR count). The summed E-state index contributed by atoms with van der Waals surface area (Å²) in [6.45, 7) is 0. The predicted molar refractivity (Wildman–Crippen MR) is 92.9 cm³/mol. The first-order valence-electron chi connectivity index (χ1n) is 6.84. The van der Waals surface area contributed by atoms with Gasteiger partial charge in [0.1, 0.15) is 5.76 Å². The molecule has 0 amide bonds. The van der Waals surface area contributed by atoms with Crippen LogP contribution in [0.3, 0.4) is 0 Å². The lowest BCUT2D eigenvalue weighted by Crippen LogP contribution is -2.11. The molecule has 0 aliphatic heterocycles. The van der Waals surface area contributed by atoms with Crippen molar-refractivity contribution >= 4 is 33.7 Å². The average Bonchev–Trinajstić information content (AvgIpc) is 3.19. The summed E-state index contributed by atoms with van der Waals surface area (Å²) in [4.78, 5) is 11.4. The van der Waals surface area contributed by atoms with Crippen molar-refractivity contribution in [2.24, 2.45) is 0 Å². The summed E-state index contributed by atoms with van der Waals surface area (Å²) in [5.41, 5.74) is 0.859. The molecule has 0 unspecified atom stereocenters. The number of carbonyl (C=O) groups is 1. The van der Waals surface area contributed by atoms with Gasteiger partial charge in [0, 0.05) is 10.0 Å². The van der Waals surface area contributed by atoms with Crippen molar-refractivity contribution in [3.05, 3.63) is 52.4 Å². The monoisotopic (exact) mass is 408 g/mol. The molecule has 2 aromatic heterocycles. The van der Waals surface area contributed by atoms with Gasteiger partial charge in [-0.05, 0) is 24.3 Å². The summed E-state index contributed by atoms with van der Waals surface area (Å²) in [6.07, 6.45) is 0. The molecule has 9 heteroatoms. The Bertz CT molecular complexity index is 877. The quantitative estimate of drug-likeness (QED) is 0.393. The van der Waals surface area contributed by atoms with Crippen molar-refractivity contribution in [2.45, 2.75) is 10.9 Å². The van der Waals surface area contributed by atoms with Gasteiger partial charge >= 0.3 is 5.97 Å². The van der Waals surface area contributed by atoms with Gasteiger partial charge in [-0.15, -0.1) is 10.2 Å². The molecular formula is C15H13BrN4O3S. The zero-order chi connectivity index (χ0) is 17.1. The largest absolute Gasteiger partial charge is 0.463 e. The third kappa shape index (κ3) is 3.46. The zero-order valence-electron chi connectivity index (χ0n) is 12.6. The second-order valence-corrected chi connectivity index (χ2v) is 6.59. The van der Waals surface area contributed by atoms with Crippen LogP contribution in [0, 0.1) is 0 Å². The number of aromatic nitrogens is 3. The first-order valence-corrected chi connectivity index (χ1v) is 8.62. The zero-order valence-corrected chi connectivity index (χ0v) is 15.0. The molecule has 0 fully saturated rings. The van der Waals surface area contributed by atoms with E-state index in [0.717, 1.165) is 10.0 Å². The summed E-state index contributed by atoms with van der Waals surface area (Å²) < 4.78 is 12.4. The molecule has 0 aliphatic carbocycles. The van der Waals surface area contributed by atoms with Crippen molar-refractivity contribution in [3.8, 4) is 11.4 Å². The number of nitrogen functional groups attached to an aromatic ring is 1. The minimum atomic E-state index is -0.509. The first-order chi connectivity index (χ1) is 11.6. The van der Waals surface area contributed by atoms with E-state index in [1.165, 1.54) is 23.5 Å². The molecule has 0 atom stereocenters. The lowest BCUT2D eigenvalue weighted by molar-refractivity contribution is 0.0563. The van der Waals surface area contributed by atoms with Gasteiger partial charge in [0.05, 0.1) is 12.9 Å². The summed E-state index contributed by atoms with van der Waals surface area (Å²) in [6, 6.07) is 10.9. The fraction of sp³-hybridized carbons (Fsp3) is 0.133. The van der Waals surface area contributed by atoms with Gasteiger partial charge < -0.3 is 15.0 Å². The molecule has 0 bridgehead atoms. The van der Waals surface area contributed by atoms with E-state index in [2.05, 4.69) is 30.9 Å². The maximum absolute atomic E-state index is 11.4. The van der Waals surface area contributed by atoms with E-state index in [1.54, 1.807) is 12.1 Å². The number of hydrogen-bond acceptors (Lipinski definition) is 7. The molecule has 2 heterocycles. The van der Waals surface area contributed by atoms with Crippen LogP contribution < -0.4 is 5.84 Å². The van der Waals surface area contributed by atoms with Crippen molar-refractivity contribution in [1.29, 1.82) is 0 Å². The van der Waals surface area contributed by atoms with Crippen LogP contribution in [0.15, 0.2) is 50.4 Å². The smallest absolute Gasteiger partial charge is 0.373 e. The van der Waals surface area contributed by atoms with Crippen LogP contribution in [0.25, 0.3) is 11.4 Å². The number of thioether (sulfide) groups is 1. The van der Waals surface area contributed by atoms with Gasteiger partial charge in [-0.3, -0.25) is 0 Å². The van der Waals surface area contributed by atoms with Gasteiger partial charge in [0.2, 0.25) is 10.9 Å². The minimum absolute atomic E-state index is 0.164. The molecule has 2 N–H and O–H groups in total. The second kappa shape index (κ2) is 7.10. The van der Waals surface area contributed by atoms with Gasteiger partial charge in [0.15, 0.2) is 5.82 Å². The van der Waals surface area contributed by atoms with Crippen LogP contribution in [0.1, 0.15) is 16.3 Å². The van der Waals surface area contributed by atoms with Crippen molar-refractivity contribution in [1.82, 2.24) is 14.9 Å². The lowest BCUT2D eigenvalue weighted by Gasteiger charge is -2.03. The number of nitrogens with zero attached hydrogens (tertiary/aromatic N) is 3. The third-order valence-corrected chi connectivity index (χ3v) is 4.60. The number of ether oxygens (including phenoxy) is 1. The highest BCUT2D eigenvalue weighted by Gasteiger charge is 2.15. The van der Waals surface area contributed by atoms with Crippen molar-refractivity contribution < 1.29 is 13.9 Å². The van der Waals surface area contributed by atoms with Crippen LogP contribution in [0.5, 0.6) is 0 Å². The van der Waals surface area contributed by atoms with Gasteiger partial charge in [-0.2, -0.15) is 0 Å². The van der Waals surface area contributed by atoms with Crippen LogP contribution in [-0.4, -0.2) is 28.0 Å². The fourth-order valence-electron chi connectivity index (χ4n) is 2.00. The maximum Gasteiger partial charge on any atom is 0.373 e. The topological polar surface area (TPSA) is 96.2 Å². The van der Waals surface area contributed by atoms with Crippen LogP contribution in [0.2, 0.25) is 0 Å². The van der Waals surface area contributed by atoms with E-state index in [9.17, 15) is 4.79 Å². The van der Waals surface area contributed by atoms with Crippen LogP contribution >= 0.6 is 27.7 Å². The second-order valence-electron chi connectivity index (χ2n) is 4.73. The normalized spacial score (nSPS) is 10.8. The maximum atomic E-state index is 11.4. The van der Waals surface area contributed by atoms with E-state index in [4.69, 9.17) is 10.3 Å². The summed E-state index contributed by atoms with van der Waals surface area (Å²) in [5, 5.41) is 8.77. The summed E-state index contributed by atoms with van der Waals surface area (Å²) >= 11 is 4.78. The van der Waals surface area contributed by atoms with Crippen LogP contribution in [-0.2, 0) is 10.5 Å². The number of hydrogen-bond donors (Lipinski definition) is 1. The molecule has 0 saturated carbocycles.